The van der Waals surface area contributed by atoms with E-state index in [0.29, 0.717) is 17.1 Å². The SMILES string of the molecule is COc1ccc(C(=O)NCC(=O)Nc2cc3n(n2)CCC3)cc1. The molecule has 1 aliphatic rings. The van der Waals surface area contributed by atoms with Crippen molar-refractivity contribution in [3.8, 4) is 5.75 Å². The summed E-state index contributed by atoms with van der Waals surface area (Å²) in [5.74, 6) is 0.592. The summed E-state index contributed by atoms with van der Waals surface area (Å²) >= 11 is 0. The molecule has 0 unspecified atom stereocenters. The number of fused-ring (bicyclic) bond motifs is 1. The van der Waals surface area contributed by atoms with Gasteiger partial charge in [-0.1, -0.05) is 0 Å². The monoisotopic (exact) mass is 314 g/mol. The Hall–Kier alpha value is -2.83. The minimum Gasteiger partial charge on any atom is -0.497 e. The minimum absolute atomic E-state index is 0.104. The van der Waals surface area contributed by atoms with Gasteiger partial charge < -0.3 is 15.4 Å². The van der Waals surface area contributed by atoms with Crippen molar-refractivity contribution in [1.29, 1.82) is 0 Å². The maximum atomic E-state index is 12.0. The average Bonchev–Trinajstić information content (AvgIpc) is 3.14. The molecule has 1 aliphatic heterocycles. The van der Waals surface area contributed by atoms with Gasteiger partial charge in [0, 0.05) is 23.9 Å². The quantitative estimate of drug-likeness (QED) is 0.868. The molecule has 3 rings (SSSR count). The molecule has 0 saturated heterocycles. The van der Waals surface area contributed by atoms with Gasteiger partial charge >= 0.3 is 0 Å². The maximum absolute atomic E-state index is 12.0. The fourth-order valence-corrected chi connectivity index (χ4v) is 2.51. The van der Waals surface area contributed by atoms with Crippen LogP contribution in [0.15, 0.2) is 30.3 Å². The summed E-state index contributed by atoms with van der Waals surface area (Å²) in [6, 6.07) is 8.55. The van der Waals surface area contributed by atoms with E-state index < -0.39 is 0 Å². The Labute approximate surface area is 133 Å². The Bertz CT molecular complexity index is 700. The van der Waals surface area contributed by atoms with E-state index in [1.54, 1.807) is 31.4 Å². The first-order valence-corrected chi connectivity index (χ1v) is 7.44. The first kappa shape index (κ1) is 15.1. The molecule has 2 amide bonds. The third kappa shape index (κ3) is 3.50. The molecule has 7 heteroatoms. The second-order valence-electron chi connectivity index (χ2n) is 5.31. The van der Waals surface area contributed by atoms with E-state index >= 15 is 0 Å². The Kier molecular flexibility index (Phi) is 4.27. The molecular formula is C16H18N4O3. The zero-order valence-electron chi connectivity index (χ0n) is 12.8. The largest absolute Gasteiger partial charge is 0.497 e. The van der Waals surface area contributed by atoms with Crippen molar-refractivity contribution in [2.24, 2.45) is 0 Å². The summed E-state index contributed by atoms with van der Waals surface area (Å²) in [6.45, 7) is 0.784. The Morgan fingerprint density at radius 2 is 2.09 bits per heavy atom. The number of aromatic nitrogens is 2. The molecule has 0 bridgehead atoms. The second kappa shape index (κ2) is 6.51. The van der Waals surface area contributed by atoms with Crippen LogP contribution in [0, 0.1) is 0 Å². The van der Waals surface area contributed by atoms with E-state index in [4.69, 9.17) is 4.74 Å². The normalized spacial score (nSPS) is 12.6. The number of aryl methyl sites for hydroxylation is 2. The number of nitrogens with zero attached hydrogens (tertiary/aromatic N) is 2. The van der Waals surface area contributed by atoms with E-state index in [2.05, 4.69) is 15.7 Å². The third-order valence-electron chi connectivity index (χ3n) is 3.70. The summed E-state index contributed by atoms with van der Waals surface area (Å²) in [6.07, 6.45) is 2.07. The van der Waals surface area contributed by atoms with Crippen molar-refractivity contribution in [1.82, 2.24) is 15.1 Å². The number of hydrogen-bond donors (Lipinski definition) is 2. The van der Waals surface area contributed by atoms with E-state index in [9.17, 15) is 9.59 Å². The van der Waals surface area contributed by atoms with Gasteiger partial charge in [0.15, 0.2) is 5.82 Å². The zero-order valence-corrected chi connectivity index (χ0v) is 12.8. The summed E-state index contributed by atoms with van der Waals surface area (Å²) in [5.41, 5.74) is 1.60. The highest BCUT2D eigenvalue weighted by molar-refractivity contribution is 5.99. The van der Waals surface area contributed by atoms with Crippen LogP contribution in [-0.4, -0.2) is 35.2 Å². The highest BCUT2D eigenvalue weighted by Crippen LogP contribution is 2.17. The average molecular weight is 314 g/mol. The molecule has 0 fully saturated rings. The van der Waals surface area contributed by atoms with Gasteiger partial charge in [-0.25, -0.2) is 0 Å². The number of nitrogens with one attached hydrogen (secondary N) is 2. The van der Waals surface area contributed by atoms with Gasteiger partial charge in [-0.3, -0.25) is 14.3 Å². The standard InChI is InChI=1S/C16H18N4O3/c1-23-13-6-4-11(5-7-13)16(22)17-10-15(21)18-14-9-12-3-2-8-20(12)19-14/h4-7,9H,2-3,8,10H2,1H3,(H,17,22)(H,18,19,21). The predicted molar refractivity (Wildman–Crippen MR) is 84.5 cm³/mol. The number of rotatable bonds is 5. The molecule has 0 atom stereocenters. The van der Waals surface area contributed by atoms with Gasteiger partial charge in [-0.2, -0.15) is 5.10 Å². The Morgan fingerprint density at radius 3 is 2.78 bits per heavy atom. The topological polar surface area (TPSA) is 85.2 Å². The summed E-state index contributed by atoms with van der Waals surface area (Å²) in [4.78, 5) is 23.8. The number of methoxy groups -OCH3 is 1. The van der Waals surface area contributed by atoms with Crippen LogP contribution >= 0.6 is 0 Å². The molecule has 0 radical (unpaired) electrons. The van der Waals surface area contributed by atoms with E-state index in [0.717, 1.165) is 25.1 Å². The molecule has 120 valence electrons. The molecule has 1 aromatic heterocycles. The van der Waals surface area contributed by atoms with Crippen molar-refractivity contribution in [3.05, 3.63) is 41.6 Å². The number of carbonyl (C=O) groups is 2. The first-order chi connectivity index (χ1) is 11.2. The smallest absolute Gasteiger partial charge is 0.251 e. The van der Waals surface area contributed by atoms with E-state index in [1.165, 1.54) is 0 Å². The number of carbonyl (C=O) groups excluding carboxylic acids is 2. The molecule has 0 aliphatic carbocycles. The Balaban J connectivity index is 1.50. The predicted octanol–water partition coefficient (Wildman–Crippen LogP) is 1.21. The van der Waals surface area contributed by atoms with Crippen molar-refractivity contribution in [2.75, 3.05) is 19.0 Å². The number of hydrogen-bond acceptors (Lipinski definition) is 4. The number of amides is 2. The fourth-order valence-electron chi connectivity index (χ4n) is 2.51. The van der Waals surface area contributed by atoms with Crippen LogP contribution in [0.4, 0.5) is 5.82 Å². The van der Waals surface area contributed by atoms with Gasteiger partial charge in [0.05, 0.1) is 13.7 Å². The molecule has 7 nitrogen and oxygen atoms in total. The van der Waals surface area contributed by atoms with Gasteiger partial charge in [-0.15, -0.1) is 0 Å². The third-order valence-corrected chi connectivity index (χ3v) is 3.70. The van der Waals surface area contributed by atoms with Crippen LogP contribution < -0.4 is 15.4 Å². The molecular weight excluding hydrogens is 296 g/mol. The summed E-state index contributed by atoms with van der Waals surface area (Å²) in [7, 11) is 1.56. The Morgan fingerprint density at radius 1 is 1.30 bits per heavy atom. The van der Waals surface area contributed by atoms with Gasteiger partial charge in [0.1, 0.15) is 5.75 Å². The molecule has 0 saturated carbocycles. The molecule has 2 N–H and O–H groups in total. The maximum Gasteiger partial charge on any atom is 0.251 e. The van der Waals surface area contributed by atoms with Crippen molar-refractivity contribution < 1.29 is 14.3 Å². The zero-order chi connectivity index (χ0) is 16.2. The highest BCUT2D eigenvalue weighted by atomic mass is 16.5. The number of ether oxygens (including phenoxy) is 1. The van der Waals surface area contributed by atoms with Crippen LogP contribution in [-0.2, 0) is 17.8 Å². The second-order valence-corrected chi connectivity index (χ2v) is 5.31. The van der Waals surface area contributed by atoms with Crippen LogP contribution in [0.5, 0.6) is 5.75 Å². The van der Waals surface area contributed by atoms with Crippen molar-refractivity contribution in [3.63, 3.8) is 0 Å². The number of benzene rings is 1. The van der Waals surface area contributed by atoms with Crippen LogP contribution in [0.2, 0.25) is 0 Å². The van der Waals surface area contributed by atoms with Gasteiger partial charge in [0.2, 0.25) is 5.91 Å². The first-order valence-electron chi connectivity index (χ1n) is 7.44. The molecule has 2 aromatic rings. The fraction of sp³-hybridized carbons (Fsp3) is 0.312. The lowest BCUT2D eigenvalue weighted by Crippen LogP contribution is -2.32. The lowest BCUT2D eigenvalue weighted by atomic mass is 10.2. The minimum atomic E-state index is -0.310. The summed E-state index contributed by atoms with van der Waals surface area (Å²) in [5, 5.41) is 9.56. The van der Waals surface area contributed by atoms with Crippen molar-refractivity contribution >= 4 is 17.6 Å². The van der Waals surface area contributed by atoms with Gasteiger partial charge in [0.25, 0.3) is 5.91 Å². The highest BCUT2D eigenvalue weighted by Gasteiger charge is 2.15. The van der Waals surface area contributed by atoms with E-state index in [-0.39, 0.29) is 18.4 Å². The van der Waals surface area contributed by atoms with Crippen LogP contribution in [0.1, 0.15) is 22.5 Å². The molecule has 1 aromatic carbocycles. The molecule has 2 heterocycles. The van der Waals surface area contributed by atoms with Crippen molar-refractivity contribution in [2.45, 2.75) is 19.4 Å². The van der Waals surface area contributed by atoms with E-state index in [1.807, 2.05) is 10.7 Å². The van der Waals surface area contributed by atoms with Gasteiger partial charge in [-0.05, 0) is 37.1 Å². The number of anilines is 1. The molecule has 23 heavy (non-hydrogen) atoms. The lowest BCUT2D eigenvalue weighted by Gasteiger charge is -2.06. The molecule has 0 spiro atoms. The van der Waals surface area contributed by atoms with Crippen LogP contribution in [0.3, 0.4) is 0 Å². The lowest BCUT2D eigenvalue weighted by molar-refractivity contribution is -0.115. The summed E-state index contributed by atoms with van der Waals surface area (Å²) < 4.78 is 6.93. The van der Waals surface area contributed by atoms with Crippen LogP contribution in [0.25, 0.3) is 0 Å².